The standard InChI is InChI=1S/C11H14N2O5/c1-7-9(3-2-4-10(7)13(17)18)11(16)12-8(5-14)6-15/h2-4,8,14-15H,5-6H2,1H3,(H,12,16). The Morgan fingerprint density at radius 1 is 1.44 bits per heavy atom. The first kappa shape index (κ1) is 14.1. The molecule has 0 unspecified atom stereocenters. The molecule has 0 fully saturated rings. The van der Waals surface area contributed by atoms with Crippen molar-refractivity contribution in [3.63, 3.8) is 0 Å². The van der Waals surface area contributed by atoms with Crippen LogP contribution < -0.4 is 5.32 Å². The third-order valence-corrected chi connectivity index (χ3v) is 2.52. The van der Waals surface area contributed by atoms with E-state index >= 15 is 0 Å². The minimum atomic E-state index is -0.781. The number of carbonyl (C=O) groups is 1. The predicted molar refractivity (Wildman–Crippen MR) is 63.3 cm³/mol. The van der Waals surface area contributed by atoms with E-state index in [2.05, 4.69) is 5.32 Å². The number of hydrogen-bond donors (Lipinski definition) is 3. The molecule has 0 atom stereocenters. The molecular weight excluding hydrogens is 240 g/mol. The number of nitro benzene ring substituents is 1. The van der Waals surface area contributed by atoms with Gasteiger partial charge in [-0.25, -0.2) is 0 Å². The summed E-state index contributed by atoms with van der Waals surface area (Å²) in [5, 5.41) is 30.8. The molecule has 18 heavy (non-hydrogen) atoms. The highest BCUT2D eigenvalue weighted by molar-refractivity contribution is 5.96. The van der Waals surface area contributed by atoms with Crippen molar-refractivity contribution in [2.24, 2.45) is 0 Å². The molecule has 3 N–H and O–H groups in total. The van der Waals surface area contributed by atoms with Gasteiger partial charge < -0.3 is 15.5 Å². The summed E-state index contributed by atoms with van der Waals surface area (Å²) in [7, 11) is 0. The van der Waals surface area contributed by atoms with Crippen molar-refractivity contribution in [1.82, 2.24) is 5.32 Å². The number of aliphatic hydroxyl groups is 2. The molecule has 0 aliphatic heterocycles. The lowest BCUT2D eigenvalue weighted by atomic mass is 10.1. The maximum Gasteiger partial charge on any atom is 0.273 e. The van der Waals surface area contributed by atoms with Crippen LogP contribution in [0.3, 0.4) is 0 Å². The molecule has 0 aliphatic carbocycles. The Morgan fingerprint density at radius 3 is 2.56 bits per heavy atom. The summed E-state index contributed by atoms with van der Waals surface area (Å²) in [6.07, 6.45) is 0. The fraction of sp³-hybridized carbons (Fsp3) is 0.364. The van der Waals surface area contributed by atoms with E-state index in [9.17, 15) is 14.9 Å². The van der Waals surface area contributed by atoms with Crippen LogP contribution in [0, 0.1) is 17.0 Å². The fourth-order valence-corrected chi connectivity index (χ4v) is 1.48. The van der Waals surface area contributed by atoms with E-state index in [0.29, 0.717) is 0 Å². The number of rotatable bonds is 5. The lowest BCUT2D eigenvalue weighted by Crippen LogP contribution is -2.40. The molecule has 0 bridgehead atoms. The molecule has 0 spiro atoms. The maximum atomic E-state index is 11.8. The van der Waals surface area contributed by atoms with Gasteiger partial charge in [0.25, 0.3) is 11.6 Å². The molecular formula is C11H14N2O5. The van der Waals surface area contributed by atoms with E-state index < -0.39 is 30.1 Å². The fourth-order valence-electron chi connectivity index (χ4n) is 1.48. The molecule has 0 saturated heterocycles. The number of hydrogen-bond acceptors (Lipinski definition) is 5. The van der Waals surface area contributed by atoms with Gasteiger partial charge in [0.2, 0.25) is 0 Å². The molecule has 1 amide bonds. The van der Waals surface area contributed by atoms with Crippen molar-refractivity contribution in [2.75, 3.05) is 13.2 Å². The van der Waals surface area contributed by atoms with Gasteiger partial charge in [-0.1, -0.05) is 6.07 Å². The number of benzene rings is 1. The number of carbonyl (C=O) groups excluding carboxylic acids is 1. The average Bonchev–Trinajstić information content (AvgIpc) is 2.35. The van der Waals surface area contributed by atoms with Gasteiger partial charge in [-0.2, -0.15) is 0 Å². The molecule has 0 aliphatic rings. The first-order chi connectivity index (χ1) is 8.51. The van der Waals surface area contributed by atoms with Crippen LogP contribution in [0.1, 0.15) is 15.9 Å². The van der Waals surface area contributed by atoms with Gasteiger partial charge in [0.1, 0.15) is 0 Å². The minimum absolute atomic E-state index is 0.146. The Bertz CT molecular complexity index is 457. The van der Waals surface area contributed by atoms with Crippen molar-refractivity contribution in [3.8, 4) is 0 Å². The quantitative estimate of drug-likeness (QED) is 0.505. The molecule has 0 saturated carbocycles. The summed E-state index contributed by atoms with van der Waals surface area (Å²) in [5.41, 5.74) is 0.248. The van der Waals surface area contributed by atoms with Gasteiger partial charge in [-0.05, 0) is 13.0 Å². The molecule has 1 aromatic rings. The van der Waals surface area contributed by atoms with Gasteiger partial charge in [0.05, 0.1) is 24.2 Å². The van der Waals surface area contributed by atoms with Crippen LogP contribution in [0.2, 0.25) is 0 Å². The topological polar surface area (TPSA) is 113 Å². The van der Waals surface area contributed by atoms with E-state index in [1.165, 1.54) is 25.1 Å². The zero-order chi connectivity index (χ0) is 13.7. The Balaban J connectivity index is 2.99. The van der Waals surface area contributed by atoms with Gasteiger partial charge in [-0.15, -0.1) is 0 Å². The van der Waals surface area contributed by atoms with Crippen LogP contribution in [0.15, 0.2) is 18.2 Å². The van der Waals surface area contributed by atoms with Gasteiger partial charge in [0.15, 0.2) is 0 Å². The van der Waals surface area contributed by atoms with Crippen molar-refractivity contribution in [1.29, 1.82) is 0 Å². The second kappa shape index (κ2) is 6.08. The number of nitro groups is 1. The van der Waals surface area contributed by atoms with Gasteiger partial charge in [0, 0.05) is 17.2 Å². The molecule has 0 radical (unpaired) electrons. The van der Waals surface area contributed by atoms with E-state index in [-0.39, 0.29) is 16.8 Å². The molecule has 0 heterocycles. The van der Waals surface area contributed by atoms with E-state index in [1.54, 1.807) is 0 Å². The first-order valence-corrected chi connectivity index (χ1v) is 5.27. The second-order valence-electron chi connectivity index (χ2n) is 3.74. The lowest BCUT2D eigenvalue weighted by Gasteiger charge is -2.14. The average molecular weight is 254 g/mol. The zero-order valence-corrected chi connectivity index (χ0v) is 9.79. The Morgan fingerprint density at radius 2 is 2.06 bits per heavy atom. The summed E-state index contributed by atoms with van der Waals surface area (Å²) in [6, 6.07) is 3.38. The van der Waals surface area contributed by atoms with Gasteiger partial charge in [-0.3, -0.25) is 14.9 Å². The third-order valence-electron chi connectivity index (χ3n) is 2.52. The number of nitrogens with one attached hydrogen (secondary N) is 1. The van der Waals surface area contributed by atoms with Crippen molar-refractivity contribution in [3.05, 3.63) is 39.4 Å². The number of aliphatic hydroxyl groups excluding tert-OH is 2. The molecule has 0 aromatic heterocycles. The summed E-state index contributed by atoms with van der Waals surface area (Å²) in [4.78, 5) is 22.0. The monoisotopic (exact) mass is 254 g/mol. The highest BCUT2D eigenvalue weighted by atomic mass is 16.6. The first-order valence-electron chi connectivity index (χ1n) is 5.27. The molecule has 7 heteroatoms. The van der Waals surface area contributed by atoms with E-state index in [0.717, 1.165) is 0 Å². The summed E-state index contributed by atoms with van der Waals surface area (Å²) < 4.78 is 0. The van der Waals surface area contributed by atoms with Crippen LogP contribution in [0.5, 0.6) is 0 Å². The van der Waals surface area contributed by atoms with E-state index in [4.69, 9.17) is 10.2 Å². The molecule has 1 rings (SSSR count). The van der Waals surface area contributed by atoms with Gasteiger partial charge >= 0.3 is 0 Å². The SMILES string of the molecule is Cc1c(C(=O)NC(CO)CO)cccc1[N+](=O)[O-]. The van der Waals surface area contributed by atoms with Crippen LogP contribution in [0.25, 0.3) is 0 Å². The van der Waals surface area contributed by atoms with Crippen molar-refractivity contribution >= 4 is 11.6 Å². The van der Waals surface area contributed by atoms with Crippen LogP contribution in [0.4, 0.5) is 5.69 Å². The Hall–Kier alpha value is -1.99. The number of nitrogens with zero attached hydrogens (tertiary/aromatic N) is 1. The molecule has 7 nitrogen and oxygen atoms in total. The van der Waals surface area contributed by atoms with Crippen LogP contribution in [-0.2, 0) is 0 Å². The summed E-state index contributed by atoms with van der Waals surface area (Å²) >= 11 is 0. The third kappa shape index (κ3) is 3.02. The summed E-state index contributed by atoms with van der Waals surface area (Å²) in [6.45, 7) is 0.659. The lowest BCUT2D eigenvalue weighted by molar-refractivity contribution is -0.385. The van der Waals surface area contributed by atoms with Crippen molar-refractivity contribution < 1.29 is 19.9 Å². The largest absolute Gasteiger partial charge is 0.394 e. The van der Waals surface area contributed by atoms with Crippen LogP contribution >= 0.6 is 0 Å². The number of amides is 1. The highest BCUT2D eigenvalue weighted by Gasteiger charge is 2.19. The van der Waals surface area contributed by atoms with Crippen molar-refractivity contribution in [2.45, 2.75) is 13.0 Å². The molecule has 1 aromatic carbocycles. The smallest absolute Gasteiger partial charge is 0.273 e. The predicted octanol–water partition coefficient (Wildman–Crippen LogP) is -0.0138. The normalized spacial score (nSPS) is 10.4. The van der Waals surface area contributed by atoms with E-state index in [1.807, 2.05) is 0 Å². The highest BCUT2D eigenvalue weighted by Crippen LogP contribution is 2.20. The zero-order valence-electron chi connectivity index (χ0n) is 9.79. The summed E-state index contributed by atoms with van der Waals surface area (Å²) in [5.74, 6) is -0.565. The minimum Gasteiger partial charge on any atom is -0.394 e. The second-order valence-corrected chi connectivity index (χ2v) is 3.74. The Kier molecular flexibility index (Phi) is 4.75. The molecule has 98 valence electrons. The van der Waals surface area contributed by atoms with Crippen LogP contribution in [-0.4, -0.2) is 40.3 Å². The maximum absolute atomic E-state index is 11.8. The Labute approximate surface area is 103 Å².